The molecule has 3 N–H and O–H groups in total. The van der Waals surface area contributed by atoms with Crippen molar-refractivity contribution in [2.45, 2.75) is 56.8 Å². The lowest BCUT2D eigenvalue weighted by Gasteiger charge is -2.50. The zero-order chi connectivity index (χ0) is 37.8. The predicted octanol–water partition coefficient (Wildman–Crippen LogP) is 6.65. The molecule has 0 radical (unpaired) electrons. The van der Waals surface area contributed by atoms with E-state index < -0.39 is 52.8 Å². The van der Waals surface area contributed by atoms with E-state index in [1.165, 1.54) is 18.1 Å². The number of aryl methyl sites for hydroxylation is 1. The van der Waals surface area contributed by atoms with Crippen molar-refractivity contribution in [3.05, 3.63) is 99.0 Å². The molecule has 3 aromatic carbocycles. The van der Waals surface area contributed by atoms with Crippen LogP contribution >= 0.6 is 23.2 Å². The summed E-state index contributed by atoms with van der Waals surface area (Å²) < 4.78 is 5.45. The fraction of sp³-hybridized carbons (Fsp3) is 0.375. The van der Waals surface area contributed by atoms with Crippen LogP contribution in [0.5, 0.6) is 11.5 Å². The summed E-state index contributed by atoms with van der Waals surface area (Å²) in [5.41, 5.74) is 4.38. The third kappa shape index (κ3) is 6.03. The first-order valence-electron chi connectivity index (χ1n) is 17.7. The van der Waals surface area contributed by atoms with E-state index in [2.05, 4.69) is 5.43 Å². The average Bonchev–Trinajstić information content (AvgIpc) is 3.50. The monoisotopic (exact) mass is 759 g/mol. The normalized spacial score (nSPS) is 26.3. The third-order valence-electron chi connectivity index (χ3n) is 11.5. The van der Waals surface area contributed by atoms with Crippen LogP contribution in [0, 0.1) is 30.6 Å². The van der Waals surface area contributed by atoms with Crippen molar-refractivity contribution in [3.8, 4) is 11.5 Å². The number of hydrogen-bond donors (Lipinski definition) is 3. The molecule has 0 bridgehead atoms. The number of likely N-dealkylation sites (tertiary alicyclic amines) is 1. The van der Waals surface area contributed by atoms with Crippen LogP contribution < -0.4 is 10.2 Å². The van der Waals surface area contributed by atoms with Crippen LogP contribution in [0.25, 0.3) is 0 Å². The molecular formula is C40H39Cl2N3O8. The number of amides is 4. The number of allylic oxidation sites excluding steroid dienone is 2. The van der Waals surface area contributed by atoms with Crippen molar-refractivity contribution in [2.24, 2.45) is 23.7 Å². The SMILES string of the molecule is COc1ccc(C23C(=O)N(Nc4ccc(Cl)cc4Cl)C(=O)C2CC2C(=CCC4C(=O)N(CCCCCC(=O)O)C(=O)C42)C3c2ccc(O)c(C)c2)cc1. The van der Waals surface area contributed by atoms with Gasteiger partial charge in [-0.1, -0.05) is 65.5 Å². The van der Waals surface area contributed by atoms with Crippen molar-refractivity contribution >= 4 is 58.5 Å². The van der Waals surface area contributed by atoms with Gasteiger partial charge in [0.25, 0.3) is 11.8 Å². The van der Waals surface area contributed by atoms with Crippen molar-refractivity contribution in [1.82, 2.24) is 9.91 Å². The van der Waals surface area contributed by atoms with Crippen molar-refractivity contribution < 1.29 is 38.9 Å². The number of carboxylic acids is 1. The van der Waals surface area contributed by atoms with Gasteiger partial charge in [-0.25, -0.2) is 0 Å². The minimum Gasteiger partial charge on any atom is -0.508 e. The molecule has 0 aromatic heterocycles. The van der Waals surface area contributed by atoms with Gasteiger partial charge in [0, 0.05) is 23.9 Å². The number of carboxylic acid groups (broad SMARTS) is 1. The Hall–Kier alpha value is -4.87. The molecule has 3 aromatic rings. The van der Waals surface area contributed by atoms with Gasteiger partial charge in [0.15, 0.2) is 0 Å². The maximum atomic E-state index is 15.3. The Kier molecular flexibility index (Phi) is 9.75. The second-order valence-electron chi connectivity index (χ2n) is 14.3. The standard InChI is InChI=1S/C40H39Cl2N3O8/c1-21-18-22(7-16-32(21)46)35-26-13-14-27-34(38(51)44(36(27)49)17-5-3-4-6-33(47)48)28(26)20-29-37(50)45(43-31-15-10-24(41)19-30(31)42)39(52)40(29,35)23-8-11-25(53-2)12-9-23/h7-13,15-16,18-19,27-29,34-35,43,46H,3-6,14,17,20H2,1-2H3,(H,47,48). The minimum atomic E-state index is -1.51. The smallest absolute Gasteiger partial charge is 0.303 e. The Balaban J connectivity index is 1.36. The zero-order valence-corrected chi connectivity index (χ0v) is 30.7. The lowest BCUT2D eigenvalue weighted by molar-refractivity contribution is -0.141. The summed E-state index contributed by atoms with van der Waals surface area (Å²) in [6, 6.07) is 16.9. The zero-order valence-electron chi connectivity index (χ0n) is 29.2. The first-order valence-corrected chi connectivity index (χ1v) is 18.4. The lowest BCUT2D eigenvalue weighted by Crippen LogP contribution is -2.53. The summed E-state index contributed by atoms with van der Waals surface area (Å²) in [5.74, 6) is -5.54. The number of phenols is 1. The number of benzene rings is 3. The fourth-order valence-electron chi connectivity index (χ4n) is 9.09. The maximum absolute atomic E-state index is 15.3. The molecule has 4 aliphatic rings. The molecule has 2 saturated heterocycles. The van der Waals surface area contributed by atoms with Crippen LogP contribution in [0.3, 0.4) is 0 Å². The van der Waals surface area contributed by atoms with Gasteiger partial charge in [-0.05, 0) is 91.6 Å². The number of phenolic OH excluding ortho intramolecular Hbond substituents is 1. The van der Waals surface area contributed by atoms with Crippen LogP contribution in [0.15, 0.2) is 72.3 Å². The van der Waals surface area contributed by atoms with Crippen LogP contribution in [0.1, 0.15) is 61.1 Å². The Morgan fingerprint density at radius 1 is 0.943 bits per heavy atom. The highest BCUT2D eigenvalue weighted by Gasteiger charge is 2.70. The number of carbonyl (C=O) groups is 5. The van der Waals surface area contributed by atoms with E-state index in [1.807, 2.05) is 12.1 Å². The summed E-state index contributed by atoms with van der Waals surface area (Å²) in [6.07, 6.45) is 3.86. The van der Waals surface area contributed by atoms with Crippen LogP contribution in [0.4, 0.5) is 5.69 Å². The number of ether oxygens (including phenoxy) is 1. The third-order valence-corrected chi connectivity index (χ3v) is 12.0. The van der Waals surface area contributed by atoms with Gasteiger partial charge in [0.2, 0.25) is 11.8 Å². The van der Waals surface area contributed by atoms with E-state index in [4.69, 9.17) is 33.0 Å². The second-order valence-corrected chi connectivity index (χ2v) is 15.1. The Bertz CT molecular complexity index is 2050. The quantitative estimate of drug-likeness (QED) is 0.111. The number of carbonyl (C=O) groups excluding carboxylic acids is 4. The molecule has 2 heterocycles. The van der Waals surface area contributed by atoms with E-state index in [9.17, 15) is 24.3 Å². The predicted molar refractivity (Wildman–Crippen MR) is 196 cm³/mol. The van der Waals surface area contributed by atoms with Gasteiger partial charge in [-0.2, -0.15) is 5.01 Å². The minimum absolute atomic E-state index is 0.0147. The van der Waals surface area contributed by atoms with Gasteiger partial charge >= 0.3 is 5.97 Å². The number of hydrogen-bond acceptors (Lipinski definition) is 8. The number of hydrazine groups is 1. The molecule has 0 spiro atoms. The number of aromatic hydroxyl groups is 1. The van der Waals surface area contributed by atoms with E-state index >= 15 is 4.79 Å². The first kappa shape index (κ1) is 36.5. The number of halogens is 2. The lowest BCUT2D eigenvalue weighted by atomic mass is 9.49. The molecule has 4 amide bonds. The molecule has 276 valence electrons. The molecule has 2 aliphatic carbocycles. The van der Waals surface area contributed by atoms with Crippen LogP contribution in [-0.4, -0.2) is 63.4 Å². The molecule has 6 atom stereocenters. The van der Waals surface area contributed by atoms with Crippen molar-refractivity contribution in [2.75, 3.05) is 19.1 Å². The first-order chi connectivity index (χ1) is 25.4. The highest BCUT2D eigenvalue weighted by molar-refractivity contribution is 6.36. The number of rotatable bonds is 11. The molecule has 1 saturated carbocycles. The molecular weight excluding hydrogens is 721 g/mol. The van der Waals surface area contributed by atoms with E-state index in [0.717, 1.165) is 10.6 Å². The molecule has 7 rings (SSSR count). The van der Waals surface area contributed by atoms with Gasteiger partial charge in [-0.3, -0.25) is 34.3 Å². The van der Waals surface area contributed by atoms with E-state index in [0.29, 0.717) is 52.4 Å². The number of aliphatic carboxylic acids is 1. The number of imide groups is 2. The second kappa shape index (κ2) is 14.2. The number of anilines is 1. The highest BCUT2D eigenvalue weighted by atomic mass is 35.5. The average molecular weight is 761 g/mol. The molecule has 6 unspecified atom stereocenters. The number of nitrogens with zero attached hydrogens (tertiary/aromatic N) is 2. The molecule has 3 fully saturated rings. The van der Waals surface area contributed by atoms with E-state index in [1.54, 1.807) is 55.5 Å². The number of unbranched alkanes of at least 4 members (excludes halogenated alkanes) is 2. The largest absolute Gasteiger partial charge is 0.508 e. The van der Waals surface area contributed by atoms with Crippen LogP contribution in [-0.2, 0) is 29.4 Å². The van der Waals surface area contributed by atoms with Gasteiger partial charge < -0.3 is 14.9 Å². The number of nitrogens with one attached hydrogen (secondary N) is 1. The van der Waals surface area contributed by atoms with E-state index in [-0.39, 0.29) is 48.4 Å². The van der Waals surface area contributed by atoms with Gasteiger partial charge in [0.05, 0.1) is 41.0 Å². The molecule has 13 heteroatoms. The highest BCUT2D eigenvalue weighted by Crippen LogP contribution is 2.64. The Morgan fingerprint density at radius 3 is 2.38 bits per heavy atom. The fourth-order valence-corrected chi connectivity index (χ4v) is 9.54. The summed E-state index contributed by atoms with van der Waals surface area (Å²) in [6.45, 7) is 1.94. The maximum Gasteiger partial charge on any atom is 0.303 e. The summed E-state index contributed by atoms with van der Waals surface area (Å²) in [7, 11) is 1.54. The number of methoxy groups -OCH3 is 1. The molecule has 11 nitrogen and oxygen atoms in total. The number of fused-ring (bicyclic) bond motifs is 4. The topological polar surface area (TPSA) is 154 Å². The Labute approximate surface area is 316 Å². The van der Waals surface area contributed by atoms with Gasteiger partial charge in [-0.15, -0.1) is 0 Å². The molecule has 53 heavy (non-hydrogen) atoms. The Morgan fingerprint density at radius 2 is 1.70 bits per heavy atom. The van der Waals surface area contributed by atoms with Crippen molar-refractivity contribution in [3.63, 3.8) is 0 Å². The summed E-state index contributed by atoms with van der Waals surface area (Å²) >= 11 is 12.7. The van der Waals surface area contributed by atoms with Gasteiger partial charge in [0.1, 0.15) is 11.5 Å². The molecule has 2 aliphatic heterocycles. The summed E-state index contributed by atoms with van der Waals surface area (Å²) in [5, 5.41) is 21.2. The van der Waals surface area contributed by atoms with Crippen LogP contribution in [0.2, 0.25) is 10.0 Å². The van der Waals surface area contributed by atoms with Crippen molar-refractivity contribution in [1.29, 1.82) is 0 Å². The summed E-state index contributed by atoms with van der Waals surface area (Å²) in [4.78, 5) is 70.6.